The molecule has 15 heavy (non-hydrogen) atoms. The monoisotopic (exact) mass is 213 g/mol. The first-order chi connectivity index (χ1) is 7.15. The average molecular weight is 213 g/mol. The van der Waals surface area contributed by atoms with Crippen molar-refractivity contribution in [2.45, 2.75) is 33.5 Å². The van der Waals surface area contributed by atoms with Crippen molar-refractivity contribution in [2.75, 3.05) is 6.61 Å². The molecule has 0 bridgehead atoms. The lowest BCUT2D eigenvalue weighted by atomic mass is 10.3. The Labute approximate surface area is 88.4 Å². The molecule has 1 aromatic heterocycles. The van der Waals surface area contributed by atoms with Crippen molar-refractivity contribution >= 4 is 5.97 Å². The lowest BCUT2D eigenvalue weighted by Gasteiger charge is -2.05. The van der Waals surface area contributed by atoms with E-state index < -0.39 is 5.97 Å². The van der Waals surface area contributed by atoms with Crippen molar-refractivity contribution < 1.29 is 18.7 Å². The summed E-state index contributed by atoms with van der Waals surface area (Å²) < 4.78 is 15.2. The van der Waals surface area contributed by atoms with Crippen molar-refractivity contribution in [2.24, 2.45) is 0 Å². The molecule has 84 valence electrons. The van der Waals surface area contributed by atoms with Gasteiger partial charge in [0.15, 0.2) is 17.8 Å². The fourth-order valence-electron chi connectivity index (χ4n) is 0.981. The van der Waals surface area contributed by atoms with E-state index in [0.29, 0.717) is 12.4 Å². The number of aromatic nitrogens is 1. The lowest BCUT2D eigenvalue weighted by Crippen LogP contribution is -2.10. The number of nitrogens with zero attached hydrogens (tertiary/aromatic N) is 1. The Kier molecular flexibility index (Phi) is 4.30. The topological polar surface area (TPSA) is 61.6 Å². The zero-order valence-electron chi connectivity index (χ0n) is 9.15. The molecule has 0 saturated carbocycles. The molecule has 1 rings (SSSR count). The highest BCUT2D eigenvalue weighted by atomic mass is 16.5. The van der Waals surface area contributed by atoms with Crippen LogP contribution in [0.4, 0.5) is 0 Å². The van der Waals surface area contributed by atoms with E-state index in [0.717, 1.165) is 0 Å². The molecular formula is C10H15NO4. The molecule has 0 N–H and O–H groups in total. The molecule has 0 aliphatic heterocycles. The minimum atomic E-state index is -0.478. The Morgan fingerprint density at radius 1 is 1.60 bits per heavy atom. The summed E-state index contributed by atoms with van der Waals surface area (Å²) in [6.45, 7) is 6.09. The third-order valence-electron chi connectivity index (χ3n) is 1.66. The first-order valence-electron chi connectivity index (χ1n) is 4.86. The molecule has 0 aliphatic carbocycles. The fourth-order valence-corrected chi connectivity index (χ4v) is 0.981. The second-order valence-electron chi connectivity index (χ2n) is 3.20. The van der Waals surface area contributed by atoms with Crippen LogP contribution in [0.15, 0.2) is 10.8 Å². The van der Waals surface area contributed by atoms with Gasteiger partial charge in [0, 0.05) is 0 Å². The van der Waals surface area contributed by atoms with E-state index in [1.807, 2.05) is 13.8 Å². The van der Waals surface area contributed by atoms with E-state index in [4.69, 9.17) is 13.9 Å². The summed E-state index contributed by atoms with van der Waals surface area (Å²) in [6, 6.07) is 0. The molecule has 0 amide bonds. The van der Waals surface area contributed by atoms with Gasteiger partial charge in [-0.25, -0.2) is 9.78 Å². The first kappa shape index (κ1) is 11.7. The molecule has 5 heteroatoms. The van der Waals surface area contributed by atoms with E-state index in [2.05, 4.69) is 4.98 Å². The maximum absolute atomic E-state index is 11.4. The number of carbonyl (C=O) groups excluding carboxylic acids is 1. The molecule has 1 heterocycles. The summed E-state index contributed by atoms with van der Waals surface area (Å²) in [7, 11) is 0. The third-order valence-corrected chi connectivity index (χ3v) is 1.66. The minimum absolute atomic E-state index is 0.0742. The lowest BCUT2D eigenvalue weighted by molar-refractivity contribution is 0.0451. The third kappa shape index (κ3) is 3.36. The first-order valence-corrected chi connectivity index (χ1v) is 4.86. The van der Waals surface area contributed by atoms with Gasteiger partial charge in [0.25, 0.3) is 0 Å². The highest BCUT2D eigenvalue weighted by Gasteiger charge is 2.17. The SMILES string of the molecule is CCOC(=O)c1ncoc1COC(C)C. The highest BCUT2D eigenvalue weighted by Crippen LogP contribution is 2.10. The summed E-state index contributed by atoms with van der Waals surface area (Å²) >= 11 is 0. The standard InChI is InChI=1S/C10H15NO4/c1-4-13-10(12)9-8(15-6-11-9)5-14-7(2)3/h6-7H,4-5H2,1-3H3. The van der Waals surface area contributed by atoms with Crippen molar-refractivity contribution in [3.8, 4) is 0 Å². The van der Waals surface area contributed by atoms with Gasteiger partial charge in [-0.2, -0.15) is 0 Å². The van der Waals surface area contributed by atoms with Gasteiger partial charge >= 0.3 is 5.97 Å². The molecule has 5 nitrogen and oxygen atoms in total. The molecule has 1 aromatic rings. The van der Waals surface area contributed by atoms with Crippen LogP contribution in [0.3, 0.4) is 0 Å². The zero-order valence-corrected chi connectivity index (χ0v) is 9.15. The minimum Gasteiger partial charge on any atom is -0.461 e. The van der Waals surface area contributed by atoms with Crippen LogP contribution < -0.4 is 0 Å². The zero-order chi connectivity index (χ0) is 11.3. The normalized spacial score (nSPS) is 10.7. The van der Waals surface area contributed by atoms with Gasteiger partial charge in [-0.1, -0.05) is 0 Å². The molecule has 0 spiro atoms. The van der Waals surface area contributed by atoms with Gasteiger partial charge in [0.1, 0.15) is 6.61 Å². The number of carbonyl (C=O) groups is 1. The summed E-state index contributed by atoms with van der Waals surface area (Å²) in [6.07, 6.45) is 1.29. The summed E-state index contributed by atoms with van der Waals surface area (Å²) in [4.78, 5) is 15.2. The van der Waals surface area contributed by atoms with E-state index in [1.54, 1.807) is 6.92 Å². The second-order valence-corrected chi connectivity index (χ2v) is 3.20. The van der Waals surface area contributed by atoms with Crippen LogP contribution in [0.25, 0.3) is 0 Å². The molecular weight excluding hydrogens is 198 g/mol. The van der Waals surface area contributed by atoms with Gasteiger partial charge in [-0.3, -0.25) is 0 Å². The molecule has 0 aromatic carbocycles. The van der Waals surface area contributed by atoms with E-state index >= 15 is 0 Å². The maximum atomic E-state index is 11.4. The van der Waals surface area contributed by atoms with Gasteiger partial charge < -0.3 is 13.9 Å². The van der Waals surface area contributed by atoms with Gasteiger partial charge in [-0.05, 0) is 20.8 Å². The number of oxazole rings is 1. The maximum Gasteiger partial charge on any atom is 0.360 e. The van der Waals surface area contributed by atoms with Crippen LogP contribution >= 0.6 is 0 Å². The van der Waals surface area contributed by atoms with Crippen molar-refractivity contribution in [1.29, 1.82) is 0 Å². The Bertz CT molecular complexity index is 319. The highest BCUT2D eigenvalue weighted by molar-refractivity contribution is 5.88. The van der Waals surface area contributed by atoms with Crippen LogP contribution in [-0.2, 0) is 16.1 Å². The molecule has 0 radical (unpaired) electrons. The van der Waals surface area contributed by atoms with E-state index in [-0.39, 0.29) is 18.4 Å². The van der Waals surface area contributed by atoms with Crippen molar-refractivity contribution in [1.82, 2.24) is 4.98 Å². The van der Waals surface area contributed by atoms with Crippen LogP contribution in [0.1, 0.15) is 37.0 Å². The van der Waals surface area contributed by atoms with E-state index in [1.165, 1.54) is 6.39 Å². The summed E-state index contributed by atoms with van der Waals surface area (Å²) in [5.74, 6) is -0.0734. The number of hydrogen-bond donors (Lipinski definition) is 0. The molecule has 0 unspecified atom stereocenters. The Hall–Kier alpha value is -1.36. The summed E-state index contributed by atoms with van der Waals surface area (Å²) in [5.41, 5.74) is 0.192. The van der Waals surface area contributed by atoms with E-state index in [9.17, 15) is 4.79 Å². The largest absolute Gasteiger partial charge is 0.461 e. The molecule has 0 atom stereocenters. The van der Waals surface area contributed by atoms with Crippen molar-refractivity contribution in [3.63, 3.8) is 0 Å². The Morgan fingerprint density at radius 2 is 2.33 bits per heavy atom. The quantitative estimate of drug-likeness (QED) is 0.697. The van der Waals surface area contributed by atoms with Crippen LogP contribution in [0.5, 0.6) is 0 Å². The van der Waals surface area contributed by atoms with Gasteiger partial charge in [-0.15, -0.1) is 0 Å². The predicted octanol–water partition coefficient (Wildman–Crippen LogP) is 1.78. The van der Waals surface area contributed by atoms with Crippen LogP contribution in [0, 0.1) is 0 Å². The number of esters is 1. The Morgan fingerprint density at radius 3 is 2.93 bits per heavy atom. The number of hydrogen-bond acceptors (Lipinski definition) is 5. The molecule has 0 fully saturated rings. The predicted molar refractivity (Wildman–Crippen MR) is 52.4 cm³/mol. The molecule has 0 saturated heterocycles. The van der Waals surface area contributed by atoms with Crippen molar-refractivity contribution in [3.05, 3.63) is 17.8 Å². The van der Waals surface area contributed by atoms with Gasteiger partial charge in [0.05, 0.1) is 12.7 Å². The van der Waals surface area contributed by atoms with Gasteiger partial charge in [0.2, 0.25) is 0 Å². The smallest absolute Gasteiger partial charge is 0.360 e. The average Bonchev–Trinajstić information content (AvgIpc) is 2.62. The number of rotatable bonds is 5. The second kappa shape index (κ2) is 5.50. The molecule has 0 aliphatic rings. The number of ether oxygens (including phenoxy) is 2. The van der Waals surface area contributed by atoms with Crippen LogP contribution in [0.2, 0.25) is 0 Å². The van der Waals surface area contributed by atoms with Crippen LogP contribution in [-0.4, -0.2) is 23.7 Å². The Balaban J connectivity index is 2.64. The summed E-state index contributed by atoms with van der Waals surface area (Å²) in [5, 5.41) is 0. The fraction of sp³-hybridized carbons (Fsp3) is 0.600.